The highest BCUT2D eigenvalue weighted by Gasteiger charge is 2.44. The maximum atomic E-state index is 12.2. The Hall–Kier alpha value is -1.10. The highest BCUT2D eigenvalue weighted by atomic mass is 16.4. The molecule has 0 spiro atoms. The third kappa shape index (κ3) is 2.16. The van der Waals surface area contributed by atoms with Gasteiger partial charge in [-0.25, -0.2) is 4.79 Å². The molecule has 2 rings (SSSR count). The van der Waals surface area contributed by atoms with Crippen molar-refractivity contribution in [3.05, 3.63) is 0 Å². The van der Waals surface area contributed by atoms with Gasteiger partial charge in [-0.2, -0.15) is 0 Å². The van der Waals surface area contributed by atoms with Crippen LogP contribution in [-0.2, 0) is 9.59 Å². The summed E-state index contributed by atoms with van der Waals surface area (Å²) in [6.45, 7) is 2.10. The van der Waals surface area contributed by atoms with E-state index in [9.17, 15) is 9.59 Å². The molecular weight excluding hydrogens is 220 g/mol. The minimum Gasteiger partial charge on any atom is -0.480 e. The largest absolute Gasteiger partial charge is 0.480 e. The molecule has 0 aromatic carbocycles. The molecule has 2 aliphatic heterocycles. The zero-order valence-corrected chi connectivity index (χ0v) is 10.1. The zero-order chi connectivity index (χ0) is 12.6. The van der Waals surface area contributed by atoms with Crippen LogP contribution < -0.4 is 5.73 Å². The third-order valence-corrected chi connectivity index (χ3v) is 4.12. The van der Waals surface area contributed by atoms with Crippen LogP contribution >= 0.6 is 0 Å². The molecular formula is C12H20N2O3. The molecule has 0 bridgehead atoms. The summed E-state index contributed by atoms with van der Waals surface area (Å²) < 4.78 is 0. The lowest BCUT2D eigenvalue weighted by atomic mass is 9.90. The lowest BCUT2D eigenvalue weighted by Crippen LogP contribution is -2.54. The maximum absolute atomic E-state index is 12.2. The van der Waals surface area contributed by atoms with Crippen LogP contribution in [0.1, 0.15) is 39.0 Å². The summed E-state index contributed by atoms with van der Waals surface area (Å²) in [4.78, 5) is 24.9. The number of amides is 1. The summed E-state index contributed by atoms with van der Waals surface area (Å²) in [7, 11) is 0. The van der Waals surface area contributed by atoms with Crippen molar-refractivity contribution >= 4 is 11.9 Å². The van der Waals surface area contributed by atoms with E-state index >= 15 is 0 Å². The fraction of sp³-hybridized carbons (Fsp3) is 0.833. The number of carbonyl (C=O) groups excluding carboxylic acids is 1. The molecule has 96 valence electrons. The van der Waals surface area contributed by atoms with Crippen molar-refractivity contribution < 1.29 is 14.7 Å². The highest BCUT2D eigenvalue weighted by Crippen LogP contribution is 2.34. The van der Waals surface area contributed by atoms with E-state index < -0.39 is 18.1 Å². The summed E-state index contributed by atoms with van der Waals surface area (Å²) in [6.07, 6.45) is 3.99. The van der Waals surface area contributed by atoms with Gasteiger partial charge >= 0.3 is 5.97 Å². The standard InChI is InChI=1S/C12H20N2O3/c1-7-3-2-4-8(13)11(15)14-9(7)5-6-10(14)12(16)17/h7-10H,2-6,13H2,1H3,(H,16,17)/t7-,8-,9+,10-/m0/s1. The third-order valence-electron chi connectivity index (χ3n) is 4.12. The minimum atomic E-state index is -0.902. The number of nitrogens with zero attached hydrogens (tertiary/aromatic N) is 1. The summed E-state index contributed by atoms with van der Waals surface area (Å²) in [5, 5.41) is 9.17. The molecule has 2 aliphatic rings. The Bertz CT molecular complexity index is 332. The first-order valence-corrected chi connectivity index (χ1v) is 6.33. The van der Waals surface area contributed by atoms with Gasteiger partial charge in [-0.05, 0) is 31.6 Å². The van der Waals surface area contributed by atoms with E-state index in [0.717, 1.165) is 19.3 Å². The van der Waals surface area contributed by atoms with Crippen molar-refractivity contribution in [1.29, 1.82) is 0 Å². The van der Waals surface area contributed by atoms with Crippen LogP contribution in [0.15, 0.2) is 0 Å². The molecule has 0 aromatic heterocycles. The van der Waals surface area contributed by atoms with E-state index in [4.69, 9.17) is 10.8 Å². The Morgan fingerprint density at radius 1 is 1.35 bits per heavy atom. The van der Waals surface area contributed by atoms with Crippen molar-refractivity contribution in [2.45, 2.75) is 57.2 Å². The molecule has 3 N–H and O–H groups in total. The second-order valence-electron chi connectivity index (χ2n) is 5.26. The molecule has 0 radical (unpaired) electrons. The van der Waals surface area contributed by atoms with Gasteiger partial charge in [0.05, 0.1) is 6.04 Å². The van der Waals surface area contributed by atoms with E-state index in [-0.39, 0.29) is 11.9 Å². The molecule has 2 saturated heterocycles. The SMILES string of the molecule is C[C@H]1CCC[C@H](N)C(=O)N2[C@@H]1CC[C@H]2C(=O)O. The fourth-order valence-corrected chi connectivity index (χ4v) is 3.12. The quantitative estimate of drug-likeness (QED) is 0.702. The van der Waals surface area contributed by atoms with Crippen LogP contribution in [0.2, 0.25) is 0 Å². The van der Waals surface area contributed by atoms with Crippen LogP contribution in [-0.4, -0.2) is 40.0 Å². The molecule has 2 heterocycles. The van der Waals surface area contributed by atoms with Gasteiger partial charge in [0.25, 0.3) is 0 Å². The summed E-state index contributed by atoms with van der Waals surface area (Å²) in [5.74, 6) is -0.705. The van der Waals surface area contributed by atoms with Gasteiger partial charge < -0.3 is 15.7 Å². The van der Waals surface area contributed by atoms with Crippen LogP contribution in [0, 0.1) is 5.92 Å². The Balaban J connectivity index is 2.27. The predicted molar refractivity (Wildman–Crippen MR) is 62.3 cm³/mol. The van der Waals surface area contributed by atoms with Crippen LogP contribution in [0.5, 0.6) is 0 Å². The Kier molecular flexibility index (Phi) is 3.38. The lowest BCUT2D eigenvalue weighted by Gasteiger charge is -2.36. The summed E-state index contributed by atoms with van der Waals surface area (Å²) in [5.41, 5.74) is 5.83. The van der Waals surface area contributed by atoms with E-state index in [2.05, 4.69) is 6.92 Å². The molecule has 0 saturated carbocycles. The second-order valence-corrected chi connectivity index (χ2v) is 5.26. The molecule has 2 fully saturated rings. The summed E-state index contributed by atoms with van der Waals surface area (Å²) in [6, 6.07) is -1.13. The predicted octanol–water partition coefficient (Wildman–Crippen LogP) is 0.578. The fourth-order valence-electron chi connectivity index (χ4n) is 3.12. The van der Waals surface area contributed by atoms with Crippen LogP contribution in [0.3, 0.4) is 0 Å². The Morgan fingerprint density at radius 3 is 2.71 bits per heavy atom. The number of hydrogen-bond acceptors (Lipinski definition) is 3. The van der Waals surface area contributed by atoms with Gasteiger partial charge in [-0.15, -0.1) is 0 Å². The average molecular weight is 240 g/mol. The van der Waals surface area contributed by atoms with Crippen molar-refractivity contribution in [2.24, 2.45) is 11.7 Å². The molecule has 17 heavy (non-hydrogen) atoms. The van der Waals surface area contributed by atoms with Gasteiger partial charge in [0.2, 0.25) is 5.91 Å². The van der Waals surface area contributed by atoms with Crippen molar-refractivity contribution in [2.75, 3.05) is 0 Å². The Morgan fingerprint density at radius 2 is 2.06 bits per heavy atom. The lowest BCUT2D eigenvalue weighted by molar-refractivity contribution is -0.151. The number of carboxylic acid groups (broad SMARTS) is 1. The topological polar surface area (TPSA) is 83.6 Å². The molecule has 4 atom stereocenters. The van der Waals surface area contributed by atoms with Gasteiger partial charge in [0, 0.05) is 6.04 Å². The van der Waals surface area contributed by atoms with Gasteiger partial charge in [0.1, 0.15) is 6.04 Å². The first-order chi connectivity index (χ1) is 8.02. The number of carbonyl (C=O) groups is 2. The van der Waals surface area contributed by atoms with E-state index in [1.807, 2.05) is 0 Å². The second kappa shape index (κ2) is 4.64. The molecule has 0 aliphatic carbocycles. The molecule has 5 heteroatoms. The van der Waals surface area contributed by atoms with E-state index in [1.165, 1.54) is 0 Å². The Labute approximate surface area is 101 Å². The van der Waals surface area contributed by atoms with Crippen molar-refractivity contribution in [3.63, 3.8) is 0 Å². The zero-order valence-electron chi connectivity index (χ0n) is 10.1. The number of nitrogens with two attached hydrogens (primary N) is 1. The summed E-state index contributed by atoms with van der Waals surface area (Å²) >= 11 is 0. The van der Waals surface area contributed by atoms with E-state index in [1.54, 1.807) is 4.90 Å². The first-order valence-electron chi connectivity index (χ1n) is 6.33. The number of aliphatic carboxylic acids is 1. The molecule has 0 unspecified atom stereocenters. The van der Waals surface area contributed by atoms with Gasteiger partial charge in [0.15, 0.2) is 0 Å². The first kappa shape index (κ1) is 12.4. The normalized spacial score (nSPS) is 38.5. The van der Waals surface area contributed by atoms with Crippen LogP contribution in [0.4, 0.5) is 0 Å². The maximum Gasteiger partial charge on any atom is 0.326 e. The molecule has 1 amide bonds. The smallest absolute Gasteiger partial charge is 0.326 e. The number of rotatable bonds is 1. The van der Waals surface area contributed by atoms with Crippen LogP contribution in [0.25, 0.3) is 0 Å². The van der Waals surface area contributed by atoms with Crippen molar-refractivity contribution in [1.82, 2.24) is 4.90 Å². The minimum absolute atomic E-state index is 0.0648. The molecule has 0 aromatic rings. The average Bonchev–Trinajstić information content (AvgIpc) is 2.70. The highest BCUT2D eigenvalue weighted by molar-refractivity contribution is 5.87. The molecule has 5 nitrogen and oxygen atoms in total. The van der Waals surface area contributed by atoms with Gasteiger partial charge in [-0.3, -0.25) is 4.79 Å². The monoisotopic (exact) mass is 240 g/mol. The number of fused-ring (bicyclic) bond motifs is 1. The number of carboxylic acids is 1. The number of hydrogen-bond donors (Lipinski definition) is 2. The van der Waals surface area contributed by atoms with Crippen molar-refractivity contribution in [3.8, 4) is 0 Å². The van der Waals surface area contributed by atoms with Gasteiger partial charge in [-0.1, -0.05) is 13.3 Å². The van der Waals surface area contributed by atoms with E-state index in [0.29, 0.717) is 18.8 Å².